The quantitative estimate of drug-likeness (QED) is 0.795. The van der Waals surface area contributed by atoms with E-state index in [2.05, 4.69) is 11.8 Å². The van der Waals surface area contributed by atoms with Gasteiger partial charge in [0.1, 0.15) is 6.04 Å². The molecule has 0 aromatic carbocycles. The Bertz CT molecular complexity index is 242. The predicted molar refractivity (Wildman–Crippen MR) is 62.5 cm³/mol. The smallest absolute Gasteiger partial charge is 0.321 e. The Morgan fingerprint density at radius 3 is 2.62 bits per heavy atom. The van der Waals surface area contributed by atoms with Crippen molar-refractivity contribution < 1.29 is 14.6 Å². The van der Waals surface area contributed by atoms with Crippen LogP contribution in [-0.4, -0.2) is 47.3 Å². The summed E-state index contributed by atoms with van der Waals surface area (Å²) >= 11 is 0. The SMILES string of the molecule is CCC1COC(C)CN1C(C(=O)O)C(C)C. The van der Waals surface area contributed by atoms with Crippen LogP contribution in [0.1, 0.15) is 34.1 Å². The van der Waals surface area contributed by atoms with Gasteiger partial charge in [-0.05, 0) is 19.3 Å². The number of hydrogen-bond donors (Lipinski definition) is 1. The number of ether oxygens (including phenoxy) is 1. The molecule has 0 saturated carbocycles. The van der Waals surface area contributed by atoms with Crippen LogP contribution >= 0.6 is 0 Å². The second-order valence-corrected chi connectivity index (χ2v) is 4.93. The van der Waals surface area contributed by atoms with Crippen molar-refractivity contribution in [3.05, 3.63) is 0 Å². The highest BCUT2D eigenvalue weighted by atomic mass is 16.5. The highest BCUT2D eigenvalue weighted by Crippen LogP contribution is 2.21. The molecular weight excluding hydrogens is 206 g/mol. The molecule has 1 aliphatic rings. The molecule has 0 amide bonds. The number of nitrogens with zero attached hydrogens (tertiary/aromatic N) is 1. The van der Waals surface area contributed by atoms with Crippen LogP contribution in [0.2, 0.25) is 0 Å². The summed E-state index contributed by atoms with van der Waals surface area (Å²) in [7, 11) is 0. The van der Waals surface area contributed by atoms with Gasteiger partial charge in [0, 0.05) is 12.6 Å². The number of morpholine rings is 1. The van der Waals surface area contributed by atoms with E-state index in [1.807, 2.05) is 20.8 Å². The van der Waals surface area contributed by atoms with Crippen LogP contribution in [0, 0.1) is 5.92 Å². The van der Waals surface area contributed by atoms with E-state index >= 15 is 0 Å². The van der Waals surface area contributed by atoms with Crippen LogP contribution in [0.15, 0.2) is 0 Å². The Morgan fingerprint density at radius 2 is 2.19 bits per heavy atom. The molecule has 4 heteroatoms. The van der Waals surface area contributed by atoms with Crippen LogP contribution in [0.25, 0.3) is 0 Å². The van der Waals surface area contributed by atoms with Crippen molar-refractivity contribution in [2.75, 3.05) is 13.2 Å². The minimum absolute atomic E-state index is 0.122. The first-order valence-electron chi connectivity index (χ1n) is 6.07. The lowest BCUT2D eigenvalue weighted by atomic mass is 9.98. The molecular formula is C12H23NO3. The van der Waals surface area contributed by atoms with Crippen LogP contribution < -0.4 is 0 Å². The van der Waals surface area contributed by atoms with E-state index in [-0.39, 0.29) is 18.1 Å². The summed E-state index contributed by atoms with van der Waals surface area (Å²) in [6.07, 6.45) is 1.06. The van der Waals surface area contributed by atoms with Gasteiger partial charge in [-0.2, -0.15) is 0 Å². The molecule has 0 aromatic heterocycles. The van der Waals surface area contributed by atoms with Crippen molar-refractivity contribution in [1.29, 1.82) is 0 Å². The molecule has 1 rings (SSSR count). The van der Waals surface area contributed by atoms with Gasteiger partial charge < -0.3 is 9.84 Å². The average Bonchev–Trinajstić information content (AvgIpc) is 2.17. The average molecular weight is 229 g/mol. The summed E-state index contributed by atoms with van der Waals surface area (Å²) in [6.45, 7) is 9.37. The van der Waals surface area contributed by atoms with E-state index in [1.165, 1.54) is 0 Å². The van der Waals surface area contributed by atoms with E-state index in [1.54, 1.807) is 0 Å². The summed E-state index contributed by atoms with van der Waals surface area (Å²) in [6, 6.07) is -0.156. The van der Waals surface area contributed by atoms with Crippen LogP contribution in [0.3, 0.4) is 0 Å². The van der Waals surface area contributed by atoms with Crippen molar-refractivity contribution in [2.45, 2.75) is 52.3 Å². The maximum absolute atomic E-state index is 11.3. The molecule has 16 heavy (non-hydrogen) atoms. The molecule has 94 valence electrons. The summed E-state index contributed by atoms with van der Waals surface area (Å²) in [4.78, 5) is 13.4. The molecule has 1 saturated heterocycles. The zero-order chi connectivity index (χ0) is 12.3. The number of hydrogen-bond acceptors (Lipinski definition) is 3. The first-order valence-corrected chi connectivity index (χ1v) is 6.07. The number of carboxylic acid groups (broad SMARTS) is 1. The molecule has 0 aliphatic carbocycles. The van der Waals surface area contributed by atoms with Gasteiger partial charge in [-0.25, -0.2) is 0 Å². The van der Waals surface area contributed by atoms with Gasteiger partial charge in [0.2, 0.25) is 0 Å². The fraction of sp³-hybridized carbons (Fsp3) is 0.917. The number of rotatable bonds is 4. The summed E-state index contributed by atoms with van der Waals surface area (Å²) in [5.41, 5.74) is 0. The molecule has 1 aliphatic heterocycles. The topological polar surface area (TPSA) is 49.8 Å². The van der Waals surface area contributed by atoms with E-state index in [0.29, 0.717) is 13.2 Å². The summed E-state index contributed by atoms with van der Waals surface area (Å²) in [5.74, 6) is -0.598. The van der Waals surface area contributed by atoms with Gasteiger partial charge >= 0.3 is 5.97 Å². The highest BCUT2D eigenvalue weighted by Gasteiger charge is 2.36. The lowest BCUT2D eigenvalue weighted by molar-refractivity contribution is -0.152. The molecule has 0 bridgehead atoms. The Labute approximate surface area is 97.6 Å². The van der Waals surface area contributed by atoms with E-state index in [0.717, 1.165) is 6.42 Å². The Hall–Kier alpha value is -0.610. The summed E-state index contributed by atoms with van der Waals surface area (Å²) in [5, 5.41) is 9.31. The van der Waals surface area contributed by atoms with Gasteiger partial charge in [0.15, 0.2) is 0 Å². The molecule has 0 spiro atoms. The molecule has 3 atom stereocenters. The van der Waals surface area contributed by atoms with Crippen LogP contribution in [0.4, 0.5) is 0 Å². The molecule has 1 heterocycles. The lowest BCUT2D eigenvalue weighted by Crippen LogP contribution is -2.57. The monoisotopic (exact) mass is 229 g/mol. The van der Waals surface area contributed by atoms with Crippen molar-refractivity contribution in [1.82, 2.24) is 4.90 Å². The van der Waals surface area contributed by atoms with E-state index < -0.39 is 12.0 Å². The fourth-order valence-corrected chi connectivity index (χ4v) is 2.37. The molecule has 1 N–H and O–H groups in total. The van der Waals surface area contributed by atoms with Gasteiger partial charge in [0.25, 0.3) is 0 Å². The Kier molecular flexibility index (Phi) is 4.74. The summed E-state index contributed by atoms with van der Waals surface area (Å²) < 4.78 is 5.59. The van der Waals surface area contributed by atoms with Gasteiger partial charge in [-0.1, -0.05) is 20.8 Å². The first-order chi connectivity index (χ1) is 7.47. The minimum atomic E-state index is -0.720. The maximum Gasteiger partial charge on any atom is 0.321 e. The third-order valence-corrected chi connectivity index (χ3v) is 3.22. The zero-order valence-corrected chi connectivity index (χ0v) is 10.6. The van der Waals surface area contributed by atoms with Gasteiger partial charge in [-0.3, -0.25) is 9.69 Å². The highest BCUT2D eigenvalue weighted by molar-refractivity contribution is 5.73. The van der Waals surface area contributed by atoms with Gasteiger partial charge in [0.05, 0.1) is 12.7 Å². The number of aliphatic carboxylic acids is 1. The van der Waals surface area contributed by atoms with Crippen molar-refractivity contribution >= 4 is 5.97 Å². The second kappa shape index (κ2) is 5.64. The van der Waals surface area contributed by atoms with Crippen LogP contribution in [0.5, 0.6) is 0 Å². The first kappa shape index (κ1) is 13.5. The van der Waals surface area contributed by atoms with E-state index in [9.17, 15) is 9.90 Å². The Morgan fingerprint density at radius 1 is 1.56 bits per heavy atom. The van der Waals surface area contributed by atoms with Crippen molar-refractivity contribution in [2.24, 2.45) is 5.92 Å². The molecule has 0 aromatic rings. The molecule has 0 radical (unpaired) electrons. The number of carbonyl (C=O) groups is 1. The van der Waals surface area contributed by atoms with E-state index in [4.69, 9.17) is 4.74 Å². The Balaban J connectivity index is 2.82. The van der Waals surface area contributed by atoms with Gasteiger partial charge in [-0.15, -0.1) is 0 Å². The number of carboxylic acids is 1. The molecule has 3 unspecified atom stereocenters. The molecule has 4 nitrogen and oxygen atoms in total. The zero-order valence-electron chi connectivity index (χ0n) is 10.6. The normalized spacial score (nSPS) is 29.3. The van der Waals surface area contributed by atoms with Crippen molar-refractivity contribution in [3.8, 4) is 0 Å². The predicted octanol–water partition coefficient (Wildman–Crippen LogP) is 1.59. The lowest BCUT2D eigenvalue weighted by Gasteiger charge is -2.42. The third-order valence-electron chi connectivity index (χ3n) is 3.22. The standard InChI is InChI=1S/C12H23NO3/c1-5-10-7-16-9(4)6-13(10)11(8(2)3)12(14)15/h8-11H,5-7H2,1-4H3,(H,14,15). The van der Waals surface area contributed by atoms with Crippen LogP contribution in [-0.2, 0) is 9.53 Å². The third kappa shape index (κ3) is 2.95. The fourth-order valence-electron chi connectivity index (χ4n) is 2.37. The largest absolute Gasteiger partial charge is 0.480 e. The molecule has 1 fully saturated rings. The minimum Gasteiger partial charge on any atom is -0.480 e. The van der Waals surface area contributed by atoms with Crippen molar-refractivity contribution in [3.63, 3.8) is 0 Å². The second-order valence-electron chi connectivity index (χ2n) is 4.93. The maximum atomic E-state index is 11.3.